The SMILES string of the molecule is CCCCC/C=C\C/C=C\C/C=C\C/C=C\CCCCCCCCCCC(O)C(=O)NC(COC1OC(CO)C(O)C(O)C1OC(=O)CCCCCCCCCCCCCCCCCCC/C=C/CCCCCCCC)C(O)/C=C/CCCCCCCCCCC. The zero-order valence-electron chi connectivity index (χ0n) is 59.2. The molecule has 8 unspecified atom stereocenters. The largest absolute Gasteiger partial charge is 0.454 e. The Morgan fingerprint density at radius 2 is 0.758 bits per heavy atom. The van der Waals surface area contributed by atoms with Crippen molar-refractivity contribution < 1.29 is 49.3 Å². The van der Waals surface area contributed by atoms with Crippen LogP contribution in [0.5, 0.6) is 0 Å². The summed E-state index contributed by atoms with van der Waals surface area (Å²) in [6.07, 6.45) is 78.1. The van der Waals surface area contributed by atoms with Crippen LogP contribution in [0.1, 0.15) is 361 Å². The fourth-order valence-electron chi connectivity index (χ4n) is 12.0. The fourth-order valence-corrected chi connectivity index (χ4v) is 12.0. The lowest BCUT2D eigenvalue weighted by Crippen LogP contribution is -2.61. The molecule has 1 aliphatic heterocycles. The average Bonchev–Trinajstić information content (AvgIpc) is 0.943. The molecule has 0 spiro atoms. The molecule has 1 aliphatic rings. The number of aliphatic hydroxyl groups excluding tert-OH is 5. The van der Waals surface area contributed by atoms with Crippen LogP contribution in [0.25, 0.3) is 0 Å². The van der Waals surface area contributed by atoms with Crippen molar-refractivity contribution in [1.82, 2.24) is 5.32 Å². The summed E-state index contributed by atoms with van der Waals surface area (Å²) in [4.78, 5) is 26.7. The molecule has 530 valence electrons. The van der Waals surface area contributed by atoms with Gasteiger partial charge in [0.25, 0.3) is 0 Å². The van der Waals surface area contributed by atoms with Gasteiger partial charge in [-0.15, -0.1) is 0 Å². The molecule has 0 aromatic heterocycles. The number of aliphatic hydroxyl groups is 5. The number of unbranched alkanes of at least 4 members (excludes halogenated alkanes) is 43. The maximum Gasteiger partial charge on any atom is 0.306 e. The van der Waals surface area contributed by atoms with Crippen LogP contribution >= 0.6 is 0 Å². The van der Waals surface area contributed by atoms with E-state index in [0.717, 1.165) is 83.5 Å². The molecule has 1 fully saturated rings. The molecule has 0 aromatic rings. The second-order valence-corrected chi connectivity index (χ2v) is 26.7. The first-order chi connectivity index (χ1) is 44.7. The molecule has 0 aromatic carbocycles. The number of ether oxygens (including phenoxy) is 3. The Morgan fingerprint density at radius 1 is 0.429 bits per heavy atom. The quantitative estimate of drug-likeness (QED) is 0.0195. The van der Waals surface area contributed by atoms with Crippen molar-refractivity contribution in [3.8, 4) is 0 Å². The van der Waals surface area contributed by atoms with Gasteiger partial charge in [-0.05, 0) is 96.3 Å². The molecule has 1 rings (SSSR count). The highest BCUT2D eigenvalue weighted by atomic mass is 16.7. The van der Waals surface area contributed by atoms with E-state index in [-0.39, 0.29) is 19.4 Å². The van der Waals surface area contributed by atoms with E-state index >= 15 is 0 Å². The first-order valence-corrected chi connectivity index (χ1v) is 38.7. The molecular formula is C80H145NO10. The lowest BCUT2D eigenvalue weighted by atomic mass is 9.99. The summed E-state index contributed by atoms with van der Waals surface area (Å²) in [5, 5.41) is 57.3. The van der Waals surface area contributed by atoms with Gasteiger partial charge in [0.2, 0.25) is 5.91 Å². The lowest BCUT2D eigenvalue weighted by Gasteiger charge is -2.41. The fraction of sp³-hybridized carbons (Fsp3) is 0.825. The molecule has 0 aliphatic carbocycles. The van der Waals surface area contributed by atoms with Crippen LogP contribution in [-0.4, -0.2) is 99.6 Å². The number of amides is 1. The molecule has 1 saturated heterocycles. The number of carbonyl (C=O) groups excluding carboxylic acids is 2. The molecule has 11 nitrogen and oxygen atoms in total. The van der Waals surface area contributed by atoms with Gasteiger partial charge in [-0.25, -0.2) is 0 Å². The van der Waals surface area contributed by atoms with Crippen LogP contribution in [0.3, 0.4) is 0 Å². The highest BCUT2D eigenvalue weighted by molar-refractivity contribution is 5.80. The van der Waals surface area contributed by atoms with E-state index in [1.54, 1.807) is 6.08 Å². The van der Waals surface area contributed by atoms with E-state index in [1.807, 2.05) is 6.08 Å². The van der Waals surface area contributed by atoms with Crippen molar-refractivity contribution in [1.29, 1.82) is 0 Å². The van der Waals surface area contributed by atoms with Crippen LogP contribution < -0.4 is 5.32 Å². The van der Waals surface area contributed by atoms with E-state index in [2.05, 4.69) is 86.8 Å². The normalized spacial score (nSPS) is 18.4. The van der Waals surface area contributed by atoms with Gasteiger partial charge in [0, 0.05) is 6.42 Å². The highest BCUT2D eigenvalue weighted by Gasteiger charge is 2.47. The maximum absolute atomic E-state index is 13.5. The van der Waals surface area contributed by atoms with Crippen molar-refractivity contribution >= 4 is 11.9 Å². The monoisotopic (exact) mass is 1280 g/mol. The number of hydrogen-bond acceptors (Lipinski definition) is 10. The van der Waals surface area contributed by atoms with Crippen molar-refractivity contribution in [2.24, 2.45) is 0 Å². The Bertz CT molecular complexity index is 1760. The summed E-state index contributed by atoms with van der Waals surface area (Å²) in [6, 6.07) is -1.03. The maximum atomic E-state index is 13.5. The average molecular weight is 1280 g/mol. The lowest BCUT2D eigenvalue weighted by molar-refractivity contribution is -0.305. The molecule has 6 N–H and O–H groups in total. The number of hydrogen-bond donors (Lipinski definition) is 6. The zero-order valence-corrected chi connectivity index (χ0v) is 59.2. The first-order valence-electron chi connectivity index (χ1n) is 38.7. The topological polar surface area (TPSA) is 175 Å². The van der Waals surface area contributed by atoms with E-state index in [4.69, 9.17) is 14.2 Å². The Kier molecular flexibility index (Phi) is 63.5. The van der Waals surface area contributed by atoms with Crippen LogP contribution in [0.4, 0.5) is 0 Å². The molecule has 11 heteroatoms. The molecule has 8 atom stereocenters. The van der Waals surface area contributed by atoms with Crippen LogP contribution in [0.15, 0.2) is 72.9 Å². The van der Waals surface area contributed by atoms with Gasteiger partial charge in [-0.2, -0.15) is 0 Å². The second kappa shape index (κ2) is 67.1. The number of allylic oxidation sites excluding steroid dienone is 11. The molecule has 0 saturated carbocycles. The number of nitrogens with one attached hydrogen (secondary N) is 1. The molecule has 0 bridgehead atoms. The van der Waals surface area contributed by atoms with Gasteiger partial charge < -0.3 is 45.1 Å². The molecule has 1 amide bonds. The summed E-state index contributed by atoms with van der Waals surface area (Å²) < 4.78 is 17.7. The van der Waals surface area contributed by atoms with Gasteiger partial charge in [-0.3, -0.25) is 9.59 Å². The molecular weight excluding hydrogens is 1130 g/mol. The first kappa shape index (κ1) is 86.1. The van der Waals surface area contributed by atoms with Crippen LogP contribution in [0, 0.1) is 0 Å². The van der Waals surface area contributed by atoms with Crippen molar-refractivity contribution in [2.75, 3.05) is 13.2 Å². The predicted molar refractivity (Wildman–Crippen MR) is 384 cm³/mol. The zero-order chi connectivity index (χ0) is 66.0. The Labute approximate surface area is 560 Å². The van der Waals surface area contributed by atoms with Crippen molar-refractivity contribution in [3.05, 3.63) is 72.9 Å². The summed E-state index contributed by atoms with van der Waals surface area (Å²) in [5.41, 5.74) is 0. The van der Waals surface area contributed by atoms with Gasteiger partial charge >= 0.3 is 5.97 Å². The molecule has 1 heterocycles. The summed E-state index contributed by atoms with van der Waals surface area (Å²) in [7, 11) is 0. The standard InChI is InChI=1S/C80H145NO10/c1-4-7-10-13-16-19-22-24-26-28-30-32-34-36-37-38-40-42-44-46-48-50-53-56-59-62-65-68-75(85)91-78-77(87)76(86)74(69-82)90-80(78)89-70-71(72(83)66-63-60-57-54-51-21-18-15-12-9-6-3)81-79(88)73(84)67-64-61-58-55-52-49-47-45-43-41-39-35-33-31-29-27-25-23-20-17-14-11-8-5-2/h17,20,24-27,31,33,39,41,63,66,71-74,76-78,80,82-84,86-87H,4-16,18-19,21-23,28-30,32,34-38,40,42-62,64-65,67-70H2,1-3H3,(H,81,88)/b20-17-,26-24+,27-25-,33-31-,41-39-,66-63+. The summed E-state index contributed by atoms with van der Waals surface area (Å²) in [6.45, 7) is 5.80. The minimum Gasteiger partial charge on any atom is -0.454 e. The minimum atomic E-state index is -1.62. The molecule has 0 radical (unpaired) electrons. The number of rotatable bonds is 67. The second-order valence-electron chi connectivity index (χ2n) is 26.7. The highest BCUT2D eigenvalue weighted by Crippen LogP contribution is 2.27. The van der Waals surface area contributed by atoms with E-state index in [1.165, 1.54) is 231 Å². The van der Waals surface area contributed by atoms with Gasteiger partial charge in [-0.1, -0.05) is 331 Å². The van der Waals surface area contributed by atoms with Crippen LogP contribution in [0.2, 0.25) is 0 Å². The van der Waals surface area contributed by atoms with E-state index in [9.17, 15) is 35.1 Å². The van der Waals surface area contributed by atoms with E-state index < -0.39 is 67.4 Å². The Hall–Kier alpha value is -2.90. The smallest absolute Gasteiger partial charge is 0.306 e. The number of esters is 1. The third-order valence-electron chi connectivity index (χ3n) is 18.1. The summed E-state index contributed by atoms with van der Waals surface area (Å²) >= 11 is 0. The van der Waals surface area contributed by atoms with Crippen LogP contribution in [-0.2, 0) is 23.8 Å². The Morgan fingerprint density at radius 3 is 1.16 bits per heavy atom. The van der Waals surface area contributed by atoms with Gasteiger partial charge in [0.15, 0.2) is 12.4 Å². The predicted octanol–water partition coefficient (Wildman–Crippen LogP) is 20.6. The number of carbonyl (C=O) groups is 2. The van der Waals surface area contributed by atoms with Crippen molar-refractivity contribution in [3.63, 3.8) is 0 Å². The van der Waals surface area contributed by atoms with Gasteiger partial charge in [0.1, 0.15) is 24.4 Å². The van der Waals surface area contributed by atoms with E-state index in [0.29, 0.717) is 12.8 Å². The Balaban J connectivity index is 2.49. The van der Waals surface area contributed by atoms with Crippen molar-refractivity contribution in [2.45, 2.75) is 410 Å². The summed E-state index contributed by atoms with van der Waals surface area (Å²) in [5.74, 6) is -1.19. The third kappa shape index (κ3) is 54.0. The van der Waals surface area contributed by atoms with Gasteiger partial charge in [0.05, 0.1) is 25.4 Å². The minimum absolute atomic E-state index is 0.124. The third-order valence-corrected chi connectivity index (χ3v) is 18.1. The molecule has 91 heavy (non-hydrogen) atoms.